The molecule has 3 aromatic rings. The van der Waals surface area contributed by atoms with Crippen molar-refractivity contribution in [2.75, 3.05) is 19.5 Å². The zero-order valence-electron chi connectivity index (χ0n) is 14.1. The van der Waals surface area contributed by atoms with Gasteiger partial charge in [0.2, 0.25) is 0 Å². The Labute approximate surface area is 149 Å². The number of methoxy groups -OCH3 is 1. The molecule has 0 atom stereocenters. The van der Waals surface area contributed by atoms with Crippen LogP contribution in [0.2, 0.25) is 5.02 Å². The number of fused-ring (bicyclic) bond motifs is 3. The zero-order chi connectivity index (χ0) is 18.0. The van der Waals surface area contributed by atoms with Crippen molar-refractivity contribution in [2.45, 2.75) is 26.3 Å². The number of benzene rings is 1. The van der Waals surface area contributed by atoms with E-state index in [1.54, 1.807) is 23.8 Å². The number of carbonyl (C=O) groups excluding carboxylic acids is 1. The first-order valence-electron chi connectivity index (χ1n) is 7.98. The molecule has 0 aliphatic rings. The summed E-state index contributed by atoms with van der Waals surface area (Å²) in [5.41, 5.74) is 7.26. The quantitative estimate of drug-likeness (QED) is 0.534. The van der Waals surface area contributed by atoms with E-state index in [-0.39, 0.29) is 12.5 Å². The number of nitrogens with two attached hydrogens (primary N) is 1. The second kappa shape index (κ2) is 7.14. The third-order valence-corrected chi connectivity index (χ3v) is 4.18. The summed E-state index contributed by atoms with van der Waals surface area (Å²) in [7, 11) is 1.54. The maximum Gasteiger partial charge on any atom is 0.326 e. The van der Waals surface area contributed by atoms with Crippen molar-refractivity contribution >= 4 is 45.3 Å². The lowest BCUT2D eigenvalue weighted by Gasteiger charge is -2.10. The van der Waals surface area contributed by atoms with Gasteiger partial charge in [0.1, 0.15) is 30.1 Å². The number of nitrogen functional groups attached to an aromatic ring is 1. The van der Waals surface area contributed by atoms with Gasteiger partial charge in [0.15, 0.2) is 0 Å². The topological polar surface area (TPSA) is 92.3 Å². The summed E-state index contributed by atoms with van der Waals surface area (Å²) in [6.07, 6.45) is 3.15. The van der Waals surface area contributed by atoms with E-state index < -0.39 is 0 Å². The predicted octanol–water partition coefficient (Wildman–Crippen LogP) is 3.17. The third kappa shape index (κ3) is 3.19. The van der Waals surface area contributed by atoms with E-state index in [2.05, 4.69) is 9.97 Å². The van der Waals surface area contributed by atoms with Crippen molar-refractivity contribution in [3.05, 3.63) is 23.5 Å². The van der Waals surface area contributed by atoms with Gasteiger partial charge in [-0.15, -0.1) is 0 Å². The molecule has 0 unspecified atom stereocenters. The standard InChI is InChI=1S/C17H19ClN4O3/c1-3-4-5-25-13(23)8-22-15-11(6-10(18)7-12(15)24-2)14-16(19)20-9-21-17(14)22/h6-7,9H,3-5,8H2,1-2H3,(H2,19,20,21). The Morgan fingerprint density at radius 1 is 1.36 bits per heavy atom. The van der Waals surface area contributed by atoms with Gasteiger partial charge in [-0.3, -0.25) is 4.79 Å². The maximum absolute atomic E-state index is 12.2. The van der Waals surface area contributed by atoms with Gasteiger partial charge in [0, 0.05) is 16.5 Å². The lowest BCUT2D eigenvalue weighted by atomic mass is 10.2. The molecule has 0 saturated carbocycles. The second-order valence-electron chi connectivity index (χ2n) is 5.62. The summed E-state index contributed by atoms with van der Waals surface area (Å²) in [6, 6.07) is 3.45. The summed E-state index contributed by atoms with van der Waals surface area (Å²) < 4.78 is 12.5. The van der Waals surface area contributed by atoms with Crippen LogP contribution in [-0.2, 0) is 16.1 Å². The average molecular weight is 363 g/mol. The van der Waals surface area contributed by atoms with Crippen LogP contribution < -0.4 is 10.5 Å². The van der Waals surface area contributed by atoms with Gasteiger partial charge in [-0.25, -0.2) is 9.97 Å². The Morgan fingerprint density at radius 2 is 2.16 bits per heavy atom. The van der Waals surface area contributed by atoms with Crippen molar-refractivity contribution in [3.63, 3.8) is 0 Å². The maximum atomic E-state index is 12.2. The van der Waals surface area contributed by atoms with Gasteiger partial charge in [-0.1, -0.05) is 24.9 Å². The van der Waals surface area contributed by atoms with Crippen molar-refractivity contribution in [3.8, 4) is 5.75 Å². The molecule has 25 heavy (non-hydrogen) atoms. The molecule has 2 aromatic heterocycles. The molecule has 0 bridgehead atoms. The normalized spacial score (nSPS) is 11.2. The second-order valence-corrected chi connectivity index (χ2v) is 6.06. The minimum Gasteiger partial charge on any atom is -0.494 e. The molecule has 0 aliphatic carbocycles. The fraction of sp³-hybridized carbons (Fsp3) is 0.353. The molecule has 0 fully saturated rings. The first-order valence-corrected chi connectivity index (χ1v) is 8.36. The fourth-order valence-corrected chi connectivity index (χ4v) is 3.02. The van der Waals surface area contributed by atoms with Crippen molar-refractivity contribution in [2.24, 2.45) is 0 Å². The van der Waals surface area contributed by atoms with Gasteiger partial charge >= 0.3 is 5.97 Å². The van der Waals surface area contributed by atoms with E-state index in [1.807, 2.05) is 6.92 Å². The van der Waals surface area contributed by atoms with Crippen LogP contribution in [0.5, 0.6) is 5.75 Å². The molecule has 7 nitrogen and oxygen atoms in total. The lowest BCUT2D eigenvalue weighted by molar-refractivity contribution is -0.144. The number of nitrogens with zero attached hydrogens (tertiary/aromatic N) is 3. The molecule has 0 spiro atoms. The number of hydrogen-bond acceptors (Lipinski definition) is 6. The summed E-state index contributed by atoms with van der Waals surface area (Å²) in [5, 5.41) is 1.87. The highest BCUT2D eigenvalue weighted by Crippen LogP contribution is 2.38. The fourth-order valence-electron chi connectivity index (χ4n) is 2.82. The largest absolute Gasteiger partial charge is 0.494 e. The molecule has 3 rings (SSSR count). The zero-order valence-corrected chi connectivity index (χ0v) is 14.8. The van der Waals surface area contributed by atoms with Crippen molar-refractivity contribution in [1.29, 1.82) is 0 Å². The first-order chi connectivity index (χ1) is 12.1. The summed E-state index contributed by atoms with van der Waals surface area (Å²) in [5.74, 6) is 0.500. The highest BCUT2D eigenvalue weighted by molar-refractivity contribution is 6.32. The Hall–Kier alpha value is -2.54. The summed E-state index contributed by atoms with van der Waals surface area (Å²) in [4.78, 5) is 20.6. The van der Waals surface area contributed by atoms with Crippen molar-refractivity contribution in [1.82, 2.24) is 14.5 Å². The number of aromatic nitrogens is 3. The Bertz CT molecular complexity index is 939. The highest BCUT2D eigenvalue weighted by Gasteiger charge is 2.21. The van der Waals surface area contributed by atoms with Gasteiger partial charge in [0.25, 0.3) is 0 Å². The Balaban J connectivity index is 2.18. The Morgan fingerprint density at radius 3 is 2.88 bits per heavy atom. The molecule has 0 aliphatic heterocycles. The molecule has 0 amide bonds. The number of rotatable bonds is 6. The minimum atomic E-state index is -0.346. The number of carbonyl (C=O) groups is 1. The lowest BCUT2D eigenvalue weighted by Crippen LogP contribution is -2.14. The highest BCUT2D eigenvalue weighted by atomic mass is 35.5. The van der Waals surface area contributed by atoms with Crippen LogP contribution in [0.25, 0.3) is 21.9 Å². The van der Waals surface area contributed by atoms with Gasteiger partial charge in [0.05, 0.1) is 24.6 Å². The number of unbranched alkanes of at least 4 members (excludes halogenated alkanes) is 1. The van der Waals surface area contributed by atoms with Gasteiger partial charge < -0.3 is 19.8 Å². The molecule has 2 heterocycles. The first kappa shape index (κ1) is 17.3. The molecule has 0 radical (unpaired) electrons. The number of halogens is 1. The van der Waals surface area contributed by atoms with Crippen LogP contribution in [0.3, 0.4) is 0 Å². The summed E-state index contributed by atoms with van der Waals surface area (Å²) >= 11 is 6.19. The van der Waals surface area contributed by atoms with Crippen molar-refractivity contribution < 1.29 is 14.3 Å². The van der Waals surface area contributed by atoms with Crippen LogP contribution in [0.1, 0.15) is 19.8 Å². The van der Waals surface area contributed by atoms with Crippen LogP contribution in [-0.4, -0.2) is 34.2 Å². The van der Waals surface area contributed by atoms with Crippen LogP contribution in [0.4, 0.5) is 5.82 Å². The van der Waals surface area contributed by atoms with Crippen LogP contribution in [0.15, 0.2) is 18.5 Å². The van der Waals surface area contributed by atoms with Crippen LogP contribution >= 0.6 is 11.6 Å². The van der Waals surface area contributed by atoms with E-state index >= 15 is 0 Å². The van der Waals surface area contributed by atoms with E-state index in [4.69, 9.17) is 26.8 Å². The molecule has 0 saturated heterocycles. The van der Waals surface area contributed by atoms with Gasteiger partial charge in [-0.2, -0.15) is 0 Å². The van der Waals surface area contributed by atoms with E-state index in [0.717, 1.165) is 18.2 Å². The van der Waals surface area contributed by atoms with E-state index in [9.17, 15) is 4.79 Å². The number of anilines is 1. The molecule has 132 valence electrons. The van der Waals surface area contributed by atoms with E-state index in [1.165, 1.54) is 6.33 Å². The smallest absolute Gasteiger partial charge is 0.326 e. The predicted molar refractivity (Wildman–Crippen MR) is 96.9 cm³/mol. The average Bonchev–Trinajstić information content (AvgIpc) is 2.89. The molecule has 1 aromatic carbocycles. The number of esters is 1. The third-order valence-electron chi connectivity index (χ3n) is 3.96. The van der Waals surface area contributed by atoms with Gasteiger partial charge in [-0.05, 0) is 12.5 Å². The number of hydrogen-bond donors (Lipinski definition) is 1. The molecular weight excluding hydrogens is 344 g/mol. The number of ether oxygens (including phenoxy) is 2. The van der Waals surface area contributed by atoms with E-state index in [0.29, 0.717) is 39.7 Å². The molecular formula is C17H19ClN4O3. The van der Waals surface area contributed by atoms with Crippen LogP contribution in [0, 0.1) is 0 Å². The Kier molecular flexibility index (Phi) is 4.94. The minimum absolute atomic E-state index is 0.00183. The summed E-state index contributed by atoms with van der Waals surface area (Å²) in [6.45, 7) is 2.43. The molecule has 8 heteroatoms. The molecule has 2 N–H and O–H groups in total. The monoisotopic (exact) mass is 362 g/mol. The SMILES string of the molecule is CCCCOC(=O)Cn1c2ncnc(N)c2c2cc(Cl)cc(OC)c21.